The zero-order valence-corrected chi connectivity index (χ0v) is 13.2. The summed E-state index contributed by atoms with van der Waals surface area (Å²) in [6.45, 7) is 0. The molecule has 1 aromatic heterocycles. The van der Waals surface area contributed by atoms with Crippen LogP contribution in [0, 0.1) is 0 Å². The summed E-state index contributed by atoms with van der Waals surface area (Å²) in [7, 11) is -3.67. The van der Waals surface area contributed by atoms with Gasteiger partial charge in [-0.3, -0.25) is 9.71 Å². The van der Waals surface area contributed by atoms with Gasteiger partial charge >= 0.3 is 0 Å². The fourth-order valence-corrected chi connectivity index (χ4v) is 3.90. The molecule has 0 radical (unpaired) electrons. The fraction of sp³-hybridized carbons (Fsp3) is 0. The summed E-state index contributed by atoms with van der Waals surface area (Å²) in [5.41, 5.74) is 0.503. The van der Waals surface area contributed by atoms with E-state index in [-0.39, 0.29) is 4.90 Å². The minimum atomic E-state index is -3.67. The number of hydrogen-bond acceptors (Lipinski definition) is 3. The summed E-state index contributed by atoms with van der Waals surface area (Å²) < 4.78 is 28.5. The van der Waals surface area contributed by atoms with E-state index in [0.717, 1.165) is 5.39 Å². The van der Waals surface area contributed by atoms with Crippen molar-refractivity contribution in [3.63, 3.8) is 0 Å². The Bertz CT molecular complexity index is 905. The van der Waals surface area contributed by atoms with Gasteiger partial charge in [0.15, 0.2) is 0 Å². The largest absolute Gasteiger partial charge is 0.278 e. The van der Waals surface area contributed by atoms with E-state index in [1.54, 1.807) is 48.8 Å². The van der Waals surface area contributed by atoms with E-state index in [2.05, 4.69) is 25.6 Å². The van der Waals surface area contributed by atoms with Crippen LogP contribution >= 0.6 is 15.9 Å². The first-order valence-corrected chi connectivity index (χ1v) is 8.46. The average molecular weight is 363 g/mol. The number of aromatic nitrogens is 1. The van der Waals surface area contributed by atoms with Crippen molar-refractivity contribution >= 4 is 42.4 Å². The number of nitrogens with one attached hydrogen (secondary N) is 1. The molecular formula is C15H11BrN2O2S. The van der Waals surface area contributed by atoms with Crippen molar-refractivity contribution in [1.82, 2.24) is 4.98 Å². The number of hydrogen-bond donors (Lipinski definition) is 1. The lowest BCUT2D eigenvalue weighted by Crippen LogP contribution is -2.13. The summed E-state index contributed by atoms with van der Waals surface area (Å²) in [5.74, 6) is 0. The van der Waals surface area contributed by atoms with Crippen molar-refractivity contribution < 1.29 is 8.42 Å². The standard InChI is InChI=1S/C15H11BrN2O2S/c16-13-5-1-2-6-14(13)18-21(19,20)15-7-3-4-11-10-17-9-8-12(11)15/h1-10,18H. The van der Waals surface area contributed by atoms with Crippen molar-refractivity contribution in [3.8, 4) is 0 Å². The zero-order chi connectivity index (χ0) is 14.9. The maximum Gasteiger partial charge on any atom is 0.262 e. The number of pyridine rings is 1. The summed E-state index contributed by atoms with van der Waals surface area (Å²) in [6.07, 6.45) is 3.23. The number of nitrogens with zero attached hydrogens (tertiary/aromatic N) is 1. The lowest BCUT2D eigenvalue weighted by molar-refractivity contribution is 0.602. The number of rotatable bonds is 3. The third kappa shape index (κ3) is 2.77. The van der Waals surface area contributed by atoms with Crippen LogP contribution in [0.15, 0.2) is 70.3 Å². The third-order valence-electron chi connectivity index (χ3n) is 3.05. The second-order valence-corrected chi connectivity index (χ2v) is 6.94. The van der Waals surface area contributed by atoms with Gasteiger partial charge in [-0.1, -0.05) is 24.3 Å². The van der Waals surface area contributed by atoms with E-state index >= 15 is 0 Å². The van der Waals surface area contributed by atoms with Crippen LogP contribution in [0.2, 0.25) is 0 Å². The van der Waals surface area contributed by atoms with Crippen LogP contribution in [-0.4, -0.2) is 13.4 Å². The van der Waals surface area contributed by atoms with E-state index in [0.29, 0.717) is 15.5 Å². The van der Waals surface area contributed by atoms with Gasteiger partial charge in [0.25, 0.3) is 10.0 Å². The number of sulfonamides is 1. The zero-order valence-electron chi connectivity index (χ0n) is 10.8. The van der Waals surface area contributed by atoms with Gasteiger partial charge in [0.1, 0.15) is 0 Å². The number of halogens is 1. The van der Waals surface area contributed by atoms with Gasteiger partial charge in [-0.25, -0.2) is 8.42 Å². The molecule has 6 heteroatoms. The normalized spacial score (nSPS) is 11.5. The minimum absolute atomic E-state index is 0.234. The summed E-state index contributed by atoms with van der Waals surface area (Å²) in [4.78, 5) is 4.25. The maximum absolute atomic E-state index is 12.6. The Kier molecular flexibility index (Phi) is 3.65. The Morgan fingerprint density at radius 3 is 2.62 bits per heavy atom. The molecule has 0 amide bonds. The molecule has 3 rings (SSSR count). The second kappa shape index (κ2) is 5.46. The van der Waals surface area contributed by atoms with Crippen molar-refractivity contribution in [2.24, 2.45) is 0 Å². The maximum atomic E-state index is 12.6. The van der Waals surface area contributed by atoms with Crippen molar-refractivity contribution in [3.05, 3.63) is 65.4 Å². The Morgan fingerprint density at radius 2 is 1.81 bits per heavy atom. The molecule has 3 aromatic rings. The van der Waals surface area contributed by atoms with Gasteiger partial charge in [-0.15, -0.1) is 0 Å². The Hall–Kier alpha value is -1.92. The molecule has 0 spiro atoms. The van der Waals surface area contributed by atoms with E-state index in [1.807, 2.05) is 12.1 Å². The first-order valence-electron chi connectivity index (χ1n) is 6.18. The predicted octanol–water partition coefficient (Wildman–Crippen LogP) is 3.80. The molecular weight excluding hydrogens is 352 g/mol. The number of fused-ring (bicyclic) bond motifs is 1. The smallest absolute Gasteiger partial charge is 0.262 e. The van der Waals surface area contributed by atoms with Gasteiger partial charge < -0.3 is 0 Å². The lowest BCUT2D eigenvalue weighted by atomic mass is 10.2. The number of anilines is 1. The van der Waals surface area contributed by atoms with E-state index < -0.39 is 10.0 Å². The molecule has 0 bridgehead atoms. The van der Waals surface area contributed by atoms with Crippen LogP contribution < -0.4 is 4.72 Å². The monoisotopic (exact) mass is 362 g/mol. The summed E-state index contributed by atoms with van der Waals surface area (Å²) in [5, 5.41) is 1.43. The SMILES string of the molecule is O=S(=O)(Nc1ccccc1Br)c1cccc2cnccc12. The van der Waals surface area contributed by atoms with Gasteiger partial charge in [0.2, 0.25) is 0 Å². The van der Waals surface area contributed by atoms with Gasteiger partial charge in [-0.2, -0.15) is 0 Å². The van der Waals surface area contributed by atoms with Gasteiger partial charge in [0.05, 0.1) is 10.6 Å². The molecule has 0 unspecified atom stereocenters. The second-order valence-electron chi connectivity index (χ2n) is 4.44. The van der Waals surface area contributed by atoms with Crippen molar-refractivity contribution in [1.29, 1.82) is 0 Å². The highest BCUT2D eigenvalue weighted by atomic mass is 79.9. The summed E-state index contributed by atoms with van der Waals surface area (Å²) in [6, 6.07) is 13.9. The Labute approximate surface area is 131 Å². The molecule has 0 saturated heterocycles. The molecule has 106 valence electrons. The van der Waals surface area contributed by atoms with E-state index in [1.165, 1.54) is 0 Å². The highest BCUT2D eigenvalue weighted by Gasteiger charge is 2.18. The Morgan fingerprint density at radius 1 is 1.00 bits per heavy atom. The minimum Gasteiger partial charge on any atom is -0.278 e. The molecule has 0 aliphatic rings. The fourth-order valence-electron chi connectivity index (χ4n) is 2.07. The van der Waals surface area contributed by atoms with Crippen LogP contribution in [-0.2, 0) is 10.0 Å². The highest BCUT2D eigenvalue weighted by Crippen LogP contribution is 2.27. The molecule has 0 fully saturated rings. The van der Waals surface area contributed by atoms with Crippen LogP contribution in [0.3, 0.4) is 0 Å². The van der Waals surface area contributed by atoms with E-state index in [9.17, 15) is 8.42 Å². The first-order chi connectivity index (χ1) is 10.1. The molecule has 2 aromatic carbocycles. The molecule has 0 aliphatic carbocycles. The van der Waals surface area contributed by atoms with E-state index in [4.69, 9.17) is 0 Å². The van der Waals surface area contributed by atoms with Crippen molar-refractivity contribution in [2.45, 2.75) is 4.90 Å². The topological polar surface area (TPSA) is 59.1 Å². The first kappa shape index (κ1) is 14.0. The molecule has 0 aliphatic heterocycles. The predicted molar refractivity (Wildman–Crippen MR) is 86.7 cm³/mol. The van der Waals surface area contributed by atoms with Crippen LogP contribution in [0.5, 0.6) is 0 Å². The molecule has 0 saturated carbocycles. The molecule has 0 atom stereocenters. The lowest BCUT2D eigenvalue weighted by Gasteiger charge is -2.11. The third-order valence-corrected chi connectivity index (χ3v) is 5.16. The number of para-hydroxylation sites is 1. The van der Waals surface area contributed by atoms with Crippen LogP contribution in [0.4, 0.5) is 5.69 Å². The summed E-state index contributed by atoms with van der Waals surface area (Å²) >= 11 is 3.33. The highest BCUT2D eigenvalue weighted by molar-refractivity contribution is 9.10. The quantitative estimate of drug-likeness (QED) is 0.770. The number of benzene rings is 2. The van der Waals surface area contributed by atoms with Gasteiger partial charge in [0, 0.05) is 27.6 Å². The molecule has 21 heavy (non-hydrogen) atoms. The van der Waals surface area contributed by atoms with Crippen molar-refractivity contribution in [2.75, 3.05) is 4.72 Å². The molecule has 1 heterocycles. The van der Waals surface area contributed by atoms with Crippen LogP contribution in [0.1, 0.15) is 0 Å². The van der Waals surface area contributed by atoms with Crippen LogP contribution in [0.25, 0.3) is 10.8 Å². The Balaban J connectivity index is 2.11. The van der Waals surface area contributed by atoms with Gasteiger partial charge in [-0.05, 0) is 40.2 Å². The molecule has 1 N–H and O–H groups in total. The molecule has 4 nitrogen and oxygen atoms in total. The average Bonchev–Trinajstić information content (AvgIpc) is 2.49.